The van der Waals surface area contributed by atoms with Crippen LogP contribution in [0, 0.1) is 0 Å². The topological polar surface area (TPSA) is 59.8 Å². The number of hydrogen-bond donors (Lipinski definition) is 2. The van der Waals surface area contributed by atoms with Gasteiger partial charge < -0.3 is 9.64 Å². The first-order chi connectivity index (χ1) is 7.95. The molecule has 2 N–H and O–H groups in total. The van der Waals surface area contributed by atoms with Crippen LogP contribution in [0.15, 0.2) is 29.2 Å². The molecular weight excluding hydrogens is 240 g/mol. The van der Waals surface area contributed by atoms with E-state index in [9.17, 15) is 8.42 Å². The first-order valence-corrected chi connectivity index (χ1v) is 6.87. The number of benzene rings is 1. The Balaban J connectivity index is 2.68. The second kappa shape index (κ2) is 6.00. The molecule has 0 heterocycles. The molecule has 0 amide bonds. The van der Waals surface area contributed by atoms with Crippen LogP contribution in [0.4, 0.5) is 0 Å². The molecule has 0 saturated heterocycles. The molecule has 0 saturated carbocycles. The van der Waals surface area contributed by atoms with Crippen molar-refractivity contribution >= 4 is 10.0 Å². The number of hydrogen-bond acceptors (Lipinski definition) is 3. The minimum Gasteiger partial charge on any atom is -0.497 e. The maximum Gasteiger partial charge on any atom is 0.240 e. The van der Waals surface area contributed by atoms with E-state index >= 15 is 0 Å². The van der Waals surface area contributed by atoms with Gasteiger partial charge in [-0.1, -0.05) is 0 Å². The maximum atomic E-state index is 11.9. The molecule has 0 bridgehead atoms. The zero-order chi connectivity index (χ0) is 12.9. The van der Waals surface area contributed by atoms with E-state index in [1.54, 1.807) is 19.2 Å². The molecule has 1 aromatic carbocycles. The molecule has 5 nitrogen and oxygen atoms in total. The second-order valence-electron chi connectivity index (χ2n) is 4.03. The largest absolute Gasteiger partial charge is 0.497 e. The van der Waals surface area contributed by atoms with Gasteiger partial charge in [-0.15, -0.1) is 0 Å². The van der Waals surface area contributed by atoms with Crippen LogP contribution in [0.5, 0.6) is 5.75 Å². The average Bonchev–Trinajstić information content (AvgIpc) is 2.28. The molecular formula is C11H19N2O3S+. The molecule has 6 heteroatoms. The number of sulfonamides is 1. The van der Waals surface area contributed by atoms with Gasteiger partial charge >= 0.3 is 0 Å². The van der Waals surface area contributed by atoms with Crippen molar-refractivity contribution in [2.45, 2.75) is 4.90 Å². The SMILES string of the molecule is COc1ccc(S(=O)(=O)NCC[NH+](C)C)cc1. The highest BCUT2D eigenvalue weighted by Crippen LogP contribution is 2.14. The zero-order valence-electron chi connectivity index (χ0n) is 10.4. The third kappa shape index (κ3) is 4.33. The van der Waals surface area contributed by atoms with Crippen LogP contribution in [0.1, 0.15) is 0 Å². The predicted octanol–water partition coefficient (Wildman–Crippen LogP) is -0.882. The van der Waals surface area contributed by atoms with Crippen LogP contribution in [0.25, 0.3) is 0 Å². The molecule has 0 aliphatic rings. The lowest BCUT2D eigenvalue weighted by Gasteiger charge is -2.09. The lowest BCUT2D eigenvalue weighted by Crippen LogP contribution is -3.06. The van der Waals surface area contributed by atoms with Crippen molar-refractivity contribution in [2.24, 2.45) is 0 Å². The molecule has 1 aromatic rings. The summed E-state index contributed by atoms with van der Waals surface area (Å²) in [6.07, 6.45) is 0. The number of nitrogens with one attached hydrogen (secondary N) is 2. The van der Waals surface area contributed by atoms with Gasteiger partial charge in [-0.2, -0.15) is 0 Å². The van der Waals surface area contributed by atoms with Gasteiger partial charge in [0, 0.05) is 0 Å². The number of ether oxygens (including phenoxy) is 1. The highest BCUT2D eigenvalue weighted by Gasteiger charge is 2.13. The smallest absolute Gasteiger partial charge is 0.240 e. The fourth-order valence-electron chi connectivity index (χ4n) is 1.27. The highest BCUT2D eigenvalue weighted by atomic mass is 32.2. The van der Waals surface area contributed by atoms with Crippen molar-refractivity contribution in [3.05, 3.63) is 24.3 Å². The Morgan fingerprint density at radius 3 is 2.29 bits per heavy atom. The van der Waals surface area contributed by atoms with Gasteiger partial charge in [0.15, 0.2) is 0 Å². The van der Waals surface area contributed by atoms with Crippen LogP contribution in [-0.2, 0) is 10.0 Å². The first kappa shape index (κ1) is 14.0. The van der Waals surface area contributed by atoms with E-state index in [1.807, 2.05) is 14.1 Å². The average molecular weight is 259 g/mol. The summed E-state index contributed by atoms with van der Waals surface area (Å²) in [4.78, 5) is 1.45. The summed E-state index contributed by atoms with van der Waals surface area (Å²) in [7, 11) is 2.09. The van der Waals surface area contributed by atoms with E-state index in [0.29, 0.717) is 12.3 Å². The normalized spacial score (nSPS) is 11.8. The minimum absolute atomic E-state index is 0.257. The van der Waals surface area contributed by atoms with Gasteiger partial charge in [-0.3, -0.25) is 0 Å². The Morgan fingerprint density at radius 2 is 1.82 bits per heavy atom. The molecule has 17 heavy (non-hydrogen) atoms. The summed E-state index contributed by atoms with van der Waals surface area (Å²) in [5, 5.41) is 0. The van der Waals surface area contributed by atoms with Crippen molar-refractivity contribution in [1.29, 1.82) is 0 Å². The molecule has 96 valence electrons. The van der Waals surface area contributed by atoms with Crippen molar-refractivity contribution in [3.63, 3.8) is 0 Å². The summed E-state index contributed by atoms with van der Waals surface area (Å²) in [5.74, 6) is 0.640. The summed E-state index contributed by atoms with van der Waals surface area (Å²) in [5.41, 5.74) is 0. The van der Waals surface area contributed by atoms with Gasteiger partial charge in [-0.05, 0) is 24.3 Å². The van der Waals surface area contributed by atoms with Gasteiger partial charge in [0.2, 0.25) is 10.0 Å². The Bertz CT molecular complexity index is 440. The molecule has 0 spiro atoms. The number of methoxy groups -OCH3 is 1. The molecule has 0 fully saturated rings. The number of quaternary nitrogens is 1. The zero-order valence-corrected chi connectivity index (χ0v) is 11.2. The van der Waals surface area contributed by atoms with Crippen molar-refractivity contribution in [2.75, 3.05) is 34.3 Å². The predicted molar refractivity (Wildman–Crippen MR) is 65.9 cm³/mol. The van der Waals surface area contributed by atoms with E-state index in [4.69, 9.17) is 4.74 Å². The fourth-order valence-corrected chi connectivity index (χ4v) is 2.31. The summed E-state index contributed by atoms with van der Waals surface area (Å²) >= 11 is 0. The van der Waals surface area contributed by atoms with E-state index in [0.717, 1.165) is 6.54 Å². The van der Waals surface area contributed by atoms with Crippen molar-refractivity contribution in [3.8, 4) is 5.75 Å². The van der Waals surface area contributed by atoms with E-state index < -0.39 is 10.0 Å². The van der Waals surface area contributed by atoms with Gasteiger partial charge in [-0.25, -0.2) is 13.1 Å². The van der Waals surface area contributed by atoms with E-state index in [1.165, 1.54) is 17.0 Å². The summed E-state index contributed by atoms with van der Waals surface area (Å²) in [6, 6.07) is 6.32. The molecule has 0 aliphatic heterocycles. The van der Waals surface area contributed by atoms with Gasteiger partial charge in [0.1, 0.15) is 5.75 Å². The monoisotopic (exact) mass is 259 g/mol. The van der Waals surface area contributed by atoms with Crippen LogP contribution < -0.4 is 14.4 Å². The highest BCUT2D eigenvalue weighted by molar-refractivity contribution is 7.89. The van der Waals surface area contributed by atoms with Gasteiger partial charge in [0.25, 0.3) is 0 Å². The van der Waals surface area contributed by atoms with E-state index in [-0.39, 0.29) is 4.90 Å². The van der Waals surface area contributed by atoms with Gasteiger partial charge in [0.05, 0.1) is 39.2 Å². The Labute approximate surface area is 102 Å². The van der Waals surface area contributed by atoms with E-state index in [2.05, 4.69) is 4.72 Å². The molecule has 0 aromatic heterocycles. The molecule has 0 radical (unpaired) electrons. The molecule has 1 rings (SSSR count). The summed E-state index contributed by atoms with van der Waals surface area (Å²) < 4.78 is 31.2. The third-order valence-corrected chi connectivity index (χ3v) is 3.76. The lowest BCUT2D eigenvalue weighted by atomic mass is 10.3. The van der Waals surface area contributed by atoms with Crippen LogP contribution in [0.3, 0.4) is 0 Å². The Hall–Kier alpha value is -1.11. The standard InChI is InChI=1S/C11H18N2O3S/c1-13(2)9-8-12-17(14,15)11-6-4-10(16-3)5-7-11/h4-7,12H,8-9H2,1-3H3/p+1. The minimum atomic E-state index is -3.40. The molecule has 0 unspecified atom stereocenters. The molecule has 0 atom stereocenters. The summed E-state index contributed by atoms with van der Waals surface area (Å²) in [6.45, 7) is 1.17. The second-order valence-corrected chi connectivity index (χ2v) is 5.80. The Kier molecular flexibility index (Phi) is 4.92. The van der Waals surface area contributed by atoms with Crippen LogP contribution >= 0.6 is 0 Å². The third-order valence-electron chi connectivity index (χ3n) is 2.29. The first-order valence-electron chi connectivity index (χ1n) is 5.38. The van der Waals surface area contributed by atoms with Crippen molar-refractivity contribution < 1.29 is 18.1 Å². The fraction of sp³-hybridized carbons (Fsp3) is 0.455. The lowest BCUT2D eigenvalue weighted by molar-refractivity contribution is -0.856. The Morgan fingerprint density at radius 1 is 1.24 bits per heavy atom. The van der Waals surface area contributed by atoms with Crippen LogP contribution in [-0.4, -0.2) is 42.7 Å². The number of rotatable bonds is 6. The maximum absolute atomic E-state index is 11.9. The van der Waals surface area contributed by atoms with Crippen molar-refractivity contribution in [1.82, 2.24) is 4.72 Å². The quantitative estimate of drug-likeness (QED) is 0.697. The molecule has 0 aliphatic carbocycles. The number of likely N-dealkylation sites (N-methyl/N-ethyl adjacent to an activating group) is 1. The van der Waals surface area contributed by atoms with Crippen LogP contribution in [0.2, 0.25) is 0 Å².